The van der Waals surface area contributed by atoms with Crippen LogP contribution in [-0.4, -0.2) is 41.9 Å². The molecule has 2 aromatic carbocycles. The lowest BCUT2D eigenvalue weighted by atomic mass is 10.1. The van der Waals surface area contributed by atoms with Crippen molar-refractivity contribution in [3.8, 4) is 6.07 Å². The summed E-state index contributed by atoms with van der Waals surface area (Å²) in [5, 5.41) is 22.9. The predicted molar refractivity (Wildman–Crippen MR) is 122 cm³/mol. The van der Waals surface area contributed by atoms with Crippen molar-refractivity contribution in [1.29, 1.82) is 5.26 Å². The van der Waals surface area contributed by atoms with Gasteiger partial charge < -0.3 is 15.1 Å². The van der Waals surface area contributed by atoms with Crippen LogP contribution >= 0.6 is 12.4 Å². The number of aryl methyl sites for hydroxylation is 1. The van der Waals surface area contributed by atoms with Gasteiger partial charge in [-0.1, -0.05) is 18.2 Å². The highest BCUT2D eigenvalue weighted by Crippen LogP contribution is 2.24. The Morgan fingerprint density at radius 3 is 2.48 bits per heavy atom. The summed E-state index contributed by atoms with van der Waals surface area (Å²) < 4.78 is 0. The molecule has 8 nitrogen and oxygen atoms in total. The second kappa shape index (κ2) is 10.5. The van der Waals surface area contributed by atoms with Gasteiger partial charge in [-0.25, -0.2) is 0 Å². The van der Waals surface area contributed by atoms with Gasteiger partial charge >= 0.3 is 0 Å². The summed E-state index contributed by atoms with van der Waals surface area (Å²) in [7, 11) is 0. The third-order valence-corrected chi connectivity index (χ3v) is 5.22. The number of nitro benzene ring substituents is 1. The van der Waals surface area contributed by atoms with E-state index in [1.807, 2.05) is 11.0 Å². The summed E-state index contributed by atoms with van der Waals surface area (Å²) in [6.45, 7) is 7.14. The highest BCUT2D eigenvalue weighted by Gasteiger charge is 2.19. The van der Waals surface area contributed by atoms with Crippen LogP contribution in [0.1, 0.15) is 11.1 Å². The van der Waals surface area contributed by atoms with Crippen LogP contribution in [0.15, 0.2) is 54.2 Å². The van der Waals surface area contributed by atoms with Crippen LogP contribution in [0.4, 0.5) is 17.1 Å². The number of hydrogen-bond donors (Lipinski definition) is 1. The molecule has 0 aromatic heterocycles. The van der Waals surface area contributed by atoms with Crippen molar-refractivity contribution in [3.63, 3.8) is 0 Å². The average molecular weight is 442 g/mol. The van der Waals surface area contributed by atoms with Crippen LogP contribution in [0.3, 0.4) is 0 Å². The molecule has 0 unspecified atom stereocenters. The Hall–Kier alpha value is -3.57. The smallest absolute Gasteiger partial charge is 0.271 e. The van der Waals surface area contributed by atoms with Gasteiger partial charge in [0.05, 0.1) is 4.92 Å². The predicted octanol–water partition coefficient (Wildman–Crippen LogP) is 3.80. The number of carbonyl (C=O) groups is 1. The number of nitrogens with zero attached hydrogens (tertiary/aromatic N) is 4. The van der Waals surface area contributed by atoms with Crippen molar-refractivity contribution in [3.05, 3.63) is 75.5 Å². The summed E-state index contributed by atoms with van der Waals surface area (Å²) in [5.74, 6) is -0.588. The molecule has 0 aliphatic carbocycles. The maximum Gasteiger partial charge on any atom is 0.271 e. The van der Waals surface area contributed by atoms with Gasteiger partial charge in [0.2, 0.25) is 0 Å². The molecule has 0 atom stereocenters. The first kappa shape index (κ1) is 23.7. The van der Waals surface area contributed by atoms with Crippen molar-refractivity contribution in [2.45, 2.75) is 13.8 Å². The summed E-state index contributed by atoms with van der Waals surface area (Å²) in [6, 6.07) is 13.8. The molecule has 1 N–H and O–H groups in total. The van der Waals surface area contributed by atoms with E-state index in [0.717, 1.165) is 13.1 Å². The van der Waals surface area contributed by atoms with Crippen LogP contribution in [0, 0.1) is 35.3 Å². The monoisotopic (exact) mass is 441 g/mol. The molecule has 0 radical (unpaired) electrons. The third kappa shape index (κ3) is 5.74. The summed E-state index contributed by atoms with van der Waals surface area (Å²) in [4.78, 5) is 27.1. The minimum atomic E-state index is -0.588. The molecule has 1 amide bonds. The molecule has 162 valence electrons. The lowest BCUT2D eigenvalue weighted by Gasteiger charge is -2.36. The van der Waals surface area contributed by atoms with Crippen LogP contribution in [0.2, 0.25) is 0 Å². The normalized spacial score (nSPS) is 13.8. The molecular formula is C22H24ClN5O3. The molecule has 1 heterocycles. The largest absolute Gasteiger partial charge is 0.373 e. The highest BCUT2D eigenvalue weighted by atomic mass is 35.5. The maximum absolute atomic E-state index is 12.5. The van der Waals surface area contributed by atoms with Crippen LogP contribution in [-0.2, 0) is 4.79 Å². The number of anilines is 2. The number of piperazine rings is 1. The fraction of sp³-hybridized carbons (Fsp3) is 0.273. The summed E-state index contributed by atoms with van der Waals surface area (Å²) >= 11 is 0. The minimum Gasteiger partial charge on any atom is -0.373 e. The Kier molecular flexibility index (Phi) is 8.00. The first-order valence-corrected chi connectivity index (χ1v) is 9.62. The van der Waals surface area contributed by atoms with Gasteiger partial charge in [-0.05, 0) is 37.1 Å². The molecule has 0 spiro atoms. The zero-order chi connectivity index (χ0) is 21.7. The van der Waals surface area contributed by atoms with Crippen molar-refractivity contribution in [2.24, 2.45) is 0 Å². The van der Waals surface area contributed by atoms with E-state index >= 15 is 0 Å². The van der Waals surface area contributed by atoms with E-state index in [1.54, 1.807) is 12.3 Å². The van der Waals surface area contributed by atoms with Crippen LogP contribution in [0.25, 0.3) is 0 Å². The minimum absolute atomic E-state index is 0. The molecule has 0 saturated carbocycles. The van der Waals surface area contributed by atoms with Gasteiger partial charge in [0.25, 0.3) is 11.6 Å². The molecule has 1 fully saturated rings. The van der Waals surface area contributed by atoms with E-state index in [0.29, 0.717) is 13.1 Å². The second-order valence-electron chi connectivity index (χ2n) is 7.16. The van der Waals surface area contributed by atoms with Gasteiger partial charge in [0.1, 0.15) is 11.6 Å². The first-order valence-electron chi connectivity index (χ1n) is 9.62. The number of non-ortho nitro benzene ring substituents is 1. The van der Waals surface area contributed by atoms with Crippen molar-refractivity contribution in [1.82, 2.24) is 4.90 Å². The standard InChI is InChI=1S/C22H23N5O3.ClH/c1-16-5-3-8-21(17(16)2)26-11-9-25(10-12-26)15-18(14-23)22(28)24-19-6-4-7-20(13-19)27(29)30;/h3-8,13,15H,9-12H2,1-2H3,(H,24,28);1H/b18-15-;. The number of benzene rings is 2. The fourth-order valence-electron chi connectivity index (χ4n) is 3.39. The Morgan fingerprint density at radius 1 is 1.16 bits per heavy atom. The Labute approximate surface area is 187 Å². The van der Waals surface area contributed by atoms with Gasteiger partial charge in [0, 0.05) is 55.9 Å². The molecule has 1 saturated heterocycles. The topological polar surface area (TPSA) is 103 Å². The average Bonchev–Trinajstić information content (AvgIpc) is 2.74. The molecular weight excluding hydrogens is 418 g/mol. The SMILES string of the molecule is Cc1cccc(N2CCN(/C=C(/C#N)C(=O)Nc3cccc([N+](=O)[O-])c3)CC2)c1C.Cl. The number of hydrogen-bond acceptors (Lipinski definition) is 6. The highest BCUT2D eigenvalue weighted by molar-refractivity contribution is 6.06. The van der Waals surface area contributed by atoms with E-state index in [4.69, 9.17) is 0 Å². The molecule has 9 heteroatoms. The number of halogens is 1. The van der Waals surface area contributed by atoms with Gasteiger partial charge in [-0.2, -0.15) is 5.26 Å². The number of carbonyl (C=O) groups excluding carboxylic acids is 1. The Bertz CT molecular complexity index is 1040. The molecule has 3 rings (SSSR count). The van der Waals surface area contributed by atoms with E-state index in [2.05, 4.69) is 42.3 Å². The van der Waals surface area contributed by atoms with Crippen molar-refractivity contribution < 1.29 is 9.72 Å². The molecule has 31 heavy (non-hydrogen) atoms. The first-order chi connectivity index (χ1) is 14.4. The van der Waals surface area contributed by atoms with E-state index in [-0.39, 0.29) is 29.4 Å². The van der Waals surface area contributed by atoms with Gasteiger partial charge in [-0.15, -0.1) is 12.4 Å². The van der Waals surface area contributed by atoms with E-state index < -0.39 is 10.8 Å². The second-order valence-corrected chi connectivity index (χ2v) is 7.16. The lowest BCUT2D eigenvalue weighted by Crippen LogP contribution is -2.44. The van der Waals surface area contributed by atoms with Crippen molar-refractivity contribution in [2.75, 3.05) is 36.4 Å². The van der Waals surface area contributed by atoms with E-state index in [9.17, 15) is 20.2 Å². The number of nitrogens with one attached hydrogen (secondary N) is 1. The lowest BCUT2D eigenvalue weighted by molar-refractivity contribution is -0.384. The zero-order valence-electron chi connectivity index (χ0n) is 17.4. The zero-order valence-corrected chi connectivity index (χ0v) is 18.2. The Morgan fingerprint density at radius 2 is 1.84 bits per heavy atom. The van der Waals surface area contributed by atoms with Crippen molar-refractivity contribution >= 4 is 35.4 Å². The molecule has 1 aliphatic heterocycles. The van der Waals surface area contributed by atoms with Gasteiger partial charge in [-0.3, -0.25) is 14.9 Å². The molecule has 1 aliphatic rings. The third-order valence-electron chi connectivity index (χ3n) is 5.22. The van der Waals surface area contributed by atoms with Gasteiger partial charge in [0.15, 0.2) is 0 Å². The van der Waals surface area contributed by atoms with E-state index in [1.165, 1.54) is 35.0 Å². The number of nitriles is 1. The quantitative estimate of drug-likeness (QED) is 0.327. The number of rotatable bonds is 5. The van der Waals surface area contributed by atoms with Crippen LogP contribution < -0.4 is 10.2 Å². The maximum atomic E-state index is 12.5. The summed E-state index contributed by atoms with van der Waals surface area (Å²) in [5.41, 5.74) is 3.83. The summed E-state index contributed by atoms with van der Waals surface area (Å²) in [6.07, 6.45) is 1.56. The van der Waals surface area contributed by atoms with Crippen LogP contribution in [0.5, 0.6) is 0 Å². The molecule has 0 bridgehead atoms. The Balaban J connectivity index is 0.00000341. The fourth-order valence-corrected chi connectivity index (χ4v) is 3.39. The number of amides is 1. The number of nitro groups is 1. The molecule has 2 aromatic rings.